The largest absolute Gasteiger partial charge is 0.486 e. The molecule has 2 heterocycles. The maximum atomic E-state index is 14.6. The van der Waals surface area contributed by atoms with Crippen molar-refractivity contribution < 1.29 is 22.7 Å². The predicted molar refractivity (Wildman–Crippen MR) is 124 cm³/mol. The van der Waals surface area contributed by atoms with Gasteiger partial charge in [0.2, 0.25) is 0 Å². The lowest BCUT2D eigenvalue weighted by atomic mass is 10.1. The average Bonchev–Trinajstić information content (AvgIpc) is 3.49. The van der Waals surface area contributed by atoms with Crippen LogP contribution in [0.2, 0.25) is 5.02 Å². The molecule has 0 aliphatic rings. The Hall–Kier alpha value is -4.31. The minimum Gasteiger partial charge on any atom is -0.486 e. The van der Waals surface area contributed by atoms with E-state index in [0.717, 1.165) is 0 Å². The summed E-state index contributed by atoms with van der Waals surface area (Å²) < 4.78 is 39.2. The van der Waals surface area contributed by atoms with E-state index in [4.69, 9.17) is 20.8 Å². The molecule has 11 heteroatoms. The van der Waals surface area contributed by atoms with Crippen molar-refractivity contribution in [1.82, 2.24) is 20.6 Å². The van der Waals surface area contributed by atoms with Crippen LogP contribution in [0.3, 0.4) is 0 Å². The zero-order valence-electron chi connectivity index (χ0n) is 18.1. The van der Waals surface area contributed by atoms with E-state index >= 15 is 0 Å². The number of hydrogen-bond donors (Lipinski definition) is 2. The fraction of sp³-hybridized carbons (Fsp3) is 0.0833. The molecule has 1 amide bonds. The van der Waals surface area contributed by atoms with Gasteiger partial charge >= 0.3 is 0 Å². The first-order valence-electron chi connectivity index (χ1n) is 10.4. The average molecular weight is 496 g/mol. The number of hydrogen-bond acceptors (Lipinski definition) is 6. The summed E-state index contributed by atoms with van der Waals surface area (Å²) >= 11 is 6.10. The third kappa shape index (κ3) is 4.56. The summed E-state index contributed by atoms with van der Waals surface area (Å²) in [6.45, 7) is 1.79. The molecule has 2 N–H and O–H groups in total. The van der Waals surface area contributed by atoms with Crippen LogP contribution in [0.5, 0.6) is 5.75 Å². The third-order valence-electron chi connectivity index (χ3n) is 5.33. The van der Waals surface area contributed by atoms with Gasteiger partial charge in [0, 0.05) is 16.6 Å². The van der Waals surface area contributed by atoms with Crippen LogP contribution in [0, 0.1) is 11.6 Å². The van der Waals surface area contributed by atoms with Gasteiger partial charge in [-0.3, -0.25) is 4.79 Å². The Balaban J connectivity index is 1.30. The molecular formula is C24H16ClF2N5O3. The highest BCUT2D eigenvalue weighted by molar-refractivity contribution is 6.31. The number of nitrogens with one attached hydrogen (secondary N) is 2. The number of benzene rings is 3. The normalized spacial score (nSPS) is 12.0. The molecule has 176 valence electrons. The molecule has 2 aromatic heterocycles. The molecule has 0 bridgehead atoms. The van der Waals surface area contributed by atoms with Gasteiger partial charge in [0.1, 0.15) is 35.3 Å². The van der Waals surface area contributed by atoms with Gasteiger partial charge in [-0.05, 0) is 65.9 Å². The Labute approximate surface area is 201 Å². The third-order valence-corrected chi connectivity index (χ3v) is 5.66. The van der Waals surface area contributed by atoms with Gasteiger partial charge in [0.15, 0.2) is 5.82 Å². The summed E-state index contributed by atoms with van der Waals surface area (Å²) in [5.74, 6) is -0.834. The first-order valence-corrected chi connectivity index (χ1v) is 10.7. The van der Waals surface area contributed by atoms with Gasteiger partial charge < -0.3 is 14.5 Å². The van der Waals surface area contributed by atoms with E-state index in [9.17, 15) is 13.6 Å². The molecular weight excluding hydrogens is 480 g/mol. The number of fused-ring (bicyclic) bond motifs is 1. The number of aromatic nitrogens is 4. The molecule has 0 aliphatic carbocycles. The fourth-order valence-electron chi connectivity index (χ4n) is 3.59. The number of furan rings is 1. The van der Waals surface area contributed by atoms with Gasteiger partial charge in [0.05, 0.1) is 16.1 Å². The number of nitrogens with zero attached hydrogens (tertiary/aromatic N) is 3. The first kappa shape index (κ1) is 22.5. The summed E-state index contributed by atoms with van der Waals surface area (Å²) in [4.78, 5) is 12.8. The molecule has 5 rings (SSSR count). The number of amides is 1. The molecule has 1 atom stereocenters. The Morgan fingerprint density at radius 3 is 2.66 bits per heavy atom. The minimum atomic E-state index is -0.608. The number of aromatic amines is 1. The number of H-pyrrole nitrogens is 1. The molecule has 5 aromatic rings. The van der Waals surface area contributed by atoms with Crippen LogP contribution >= 0.6 is 11.6 Å². The van der Waals surface area contributed by atoms with E-state index in [-0.39, 0.29) is 22.0 Å². The number of carbonyl (C=O) groups is 1. The molecule has 0 fully saturated rings. The van der Waals surface area contributed by atoms with Crippen molar-refractivity contribution in [2.45, 2.75) is 13.0 Å². The molecule has 0 saturated carbocycles. The second kappa shape index (κ2) is 9.15. The minimum absolute atomic E-state index is 0.121. The second-order valence-electron chi connectivity index (χ2n) is 7.63. The van der Waals surface area contributed by atoms with Crippen LogP contribution in [0.15, 0.2) is 65.3 Å². The summed E-state index contributed by atoms with van der Waals surface area (Å²) in [6.07, 6.45) is 0.835. The molecule has 0 saturated heterocycles. The number of carbonyl (C=O) groups excluding carboxylic acids is 1. The number of tetrazole rings is 1. The maximum absolute atomic E-state index is 14.6. The SMILES string of the molecule is C[C@@H](Oc1ccc(NC(=O)c2coc3cc(-c4nnn[nH]4)c(F)cc23)cc1)c1ccc(F)cc1Cl. The van der Waals surface area contributed by atoms with Crippen molar-refractivity contribution in [3.8, 4) is 17.1 Å². The summed E-state index contributed by atoms with van der Waals surface area (Å²) in [5, 5.41) is 16.4. The predicted octanol–water partition coefficient (Wildman–Crippen LogP) is 5.94. The molecule has 0 radical (unpaired) electrons. The summed E-state index contributed by atoms with van der Waals surface area (Å²) in [5.41, 5.74) is 1.73. The van der Waals surface area contributed by atoms with Crippen molar-refractivity contribution in [2.75, 3.05) is 5.32 Å². The first-order chi connectivity index (χ1) is 16.9. The lowest BCUT2D eigenvalue weighted by Crippen LogP contribution is -2.11. The van der Waals surface area contributed by atoms with Gasteiger partial charge in [-0.15, -0.1) is 5.10 Å². The highest BCUT2D eigenvalue weighted by atomic mass is 35.5. The van der Waals surface area contributed by atoms with E-state index in [0.29, 0.717) is 28.0 Å². The molecule has 3 aromatic carbocycles. The van der Waals surface area contributed by atoms with Crippen molar-refractivity contribution >= 4 is 34.2 Å². The molecule has 8 nitrogen and oxygen atoms in total. The Kier molecular flexibility index (Phi) is 5.87. The number of anilines is 1. The van der Waals surface area contributed by atoms with Crippen LogP contribution in [-0.4, -0.2) is 26.5 Å². The second-order valence-corrected chi connectivity index (χ2v) is 8.04. The van der Waals surface area contributed by atoms with Crippen LogP contribution in [0.25, 0.3) is 22.4 Å². The number of halogens is 3. The van der Waals surface area contributed by atoms with E-state index in [1.54, 1.807) is 37.3 Å². The monoisotopic (exact) mass is 495 g/mol. The van der Waals surface area contributed by atoms with E-state index in [2.05, 4.69) is 25.9 Å². The van der Waals surface area contributed by atoms with E-state index in [1.165, 1.54) is 30.5 Å². The standard InChI is InChI=1S/C24H16ClF2N5O3/c1-12(16-7-2-13(26)8-20(16)25)35-15-5-3-14(4-6-15)28-24(33)19-11-34-22-10-18(21(27)9-17(19)22)23-29-31-32-30-23/h2-12H,1H3,(H,28,33)(H,29,30,31,32)/t12-/m1/s1. The molecule has 0 spiro atoms. The van der Waals surface area contributed by atoms with Crippen LogP contribution < -0.4 is 10.1 Å². The van der Waals surface area contributed by atoms with Crippen LogP contribution in [-0.2, 0) is 0 Å². The lowest BCUT2D eigenvalue weighted by Gasteiger charge is -2.16. The van der Waals surface area contributed by atoms with Crippen LogP contribution in [0.4, 0.5) is 14.5 Å². The highest BCUT2D eigenvalue weighted by Crippen LogP contribution is 2.31. The molecule has 0 aliphatic heterocycles. The number of rotatable bonds is 6. The van der Waals surface area contributed by atoms with Gasteiger partial charge in [-0.2, -0.15) is 0 Å². The smallest absolute Gasteiger partial charge is 0.259 e. The van der Waals surface area contributed by atoms with Crippen molar-refractivity contribution in [3.05, 3.63) is 88.6 Å². The van der Waals surface area contributed by atoms with E-state index in [1.807, 2.05) is 0 Å². The highest BCUT2D eigenvalue weighted by Gasteiger charge is 2.19. The summed E-state index contributed by atoms with van der Waals surface area (Å²) in [7, 11) is 0. The maximum Gasteiger partial charge on any atom is 0.259 e. The Morgan fingerprint density at radius 2 is 1.94 bits per heavy atom. The Bertz CT molecular complexity index is 1520. The Morgan fingerprint density at radius 1 is 1.14 bits per heavy atom. The van der Waals surface area contributed by atoms with Gasteiger partial charge in [-0.25, -0.2) is 13.9 Å². The zero-order chi connectivity index (χ0) is 24.5. The van der Waals surface area contributed by atoms with Crippen molar-refractivity contribution in [3.63, 3.8) is 0 Å². The molecule has 0 unspecified atom stereocenters. The summed E-state index contributed by atoms with van der Waals surface area (Å²) in [6, 6.07) is 13.4. The van der Waals surface area contributed by atoms with Crippen molar-refractivity contribution in [1.29, 1.82) is 0 Å². The van der Waals surface area contributed by atoms with Crippen LogP contribution in [0.1, 0.15) is 28.9 Å². The van der Waals surface area contributed by atoms with Gasteiger partial charge in [-0.1, -0.05) is 17.7 Å². The van der Waals surface area contributed by atoms with Crippen molar-refractivity contribution in [2.24, 2.45) is 0 Å². The topological polar surface area (TPSA) is 106 Å². The lowest BCUT2D eigenvalue weighted by molar-refractivity contribution is 0.102. The quantitative estimate of drug-likeness (QED) is 0.302. The molecule has 35 heavy (non-hydrogen) atoms. The van der Waals surface area contributed by atoms with Gasteiger partial charge in [0.25, 0.3) is 5.91 Å². The van der Waals surface area contributed by atoms with E-state index < -0.39 is 23.6 Å². The fourth-order valence-corrected chi connectivity index (χ4v) is 3.91. The number of ether oxygens (including phenoxy) is 1. The zero-order valence-corrected chi connectivity index (χ0v) is 18.8.